The van der Waals surface area contributed by atoms with Crippen molar-refractivity contribution >= 4 is 17.1 Å². The number of hydrogen-bond acceptors (Lipinski definition) is 5. The average molecular weight is 350 g/mol. The maximum atomic E-state index is 12.1. The van der Waals surface area contributed by atoms with E-state index in [1.807, 2.05) is 18.2 Å². The van der Waals surface area contributed by atoms with E-state index in [4.69, 9.17) is 9.15 Å². The van der Waals surface area contributed by atoms with Gasteiger partial charge in [-0.05, 0) is 36.6 Å². The highest BCUT2D eigenvalue weighted by atomic mass is 16.5. The minimum absolute atomic E-state index is 0.181. The van der Waals surface area contributed by atoms with Crippen LogP contribution < -0.4 is 4.74 Å². The van der Waals surface area contributed by atoms with Crippen molar-refractivity contribution in [3.8, 4) is 17.3 Å². The second kappa shape index (κ2) is 7.68. The van der Waals surface area contributed by atoms with Crippen molar-refractivity contribution in [3.05, 3.63) is 42.6 Å². The summed E-state index contributed by atoms with van der Waals surface area (Å²) in [5.74, 6) is 1.45. The summed E-state index contributed by atoms with van der Waals surface area (Å²) in [6.07, 6.45) is 9.50. The molecule has 0 spiro atoms. The molecular weight excluding hydrogens is 328 g/mol. The van der Waals surface area contributed by atoms with Crippen LogP contribution >= 0.6 is 0 Å². The zero-order valence-electron chi connectivity index (χ0n) is 14.7. The third-order valence-electron chi connectivity index (χ3n) is 4.96. The van der Waals surface area contributed by atoms with Gasteiger partial charge in [-0.25, -0.2) is 4.98 Å². The van der Waals surface area contributed by atoms with Crippen molar-refractivity contribution in [1.82, 2.24) is 9.97 Å². The maximum Gasteiger partial charge on any atom is 0.311 e. The molecule has 0 aliphatic heterocycles. The lowest BCUT2D eigenvalue weighted by molar-refractivity contribution is -0.134. The molecule has 4 rings (SSSR count). The van der Waals surface area contributed by atoms with Gasteiger partial charge in [-0.3, -0.25) is 9.78 Å². The van der Waals surface area contributed by atoms with Crippen LogP contribution in [0, 0.1) is 5.92 Å². The Kier molecular flexibility index (Phi) is 4.95. The number of aromatic nitrogens is 2. The molecule has 0 unspecified atom stereocenters. The van der Waals surface area contributed by atoms with Crippen LogP contribution in [0.25, 0.3) is 22.7 Å². The predicted octanol–water partition coefficient (Wildman–Crippen LogP) is 5.16. The molecule has 3 aromatic rings. The van der Waals surface area contributed by atoms with Crippen LogP contribution in [-0.2, 0) is 4.79 Å². The first kappa shape index (κ1) is 16.8. The summed E-state index contributed by atoms with van der Waals surface area (Å²) in [7, 11) is 0. The standard InChI is InChI=1S/C21H22N2O3/c24-20(12-9-15-6-2-1-3-7-15)25-16-10-11-17-19(14-16)26-21(23-17)18-8-4-5-13-22-18/h4-5,8,10-11,13-15H,1-3,6-7,9,12H2. The number of hydrogen-bond donors (Lipinski definition) is 0. The number of benzene rings is 1. The highest BCUT2D eigenvalue weighted by Crippen LogP contribution is 2.28. The van der Waals surface area contributed by atoms with Crippen molar-refractivity contribution < 1.29 is 13.9 Å². The van der Waals surface area contributed by atoms with Crippen molar-refractivity contribution in [2.45, 2.75) is 44.9 Å². The van der Waals surface area contributed by atoms with Gasteiger partial charge >= 0.3 is 5.97 Å². The number of esters is 1. The molecule has 2 aromatic heterocycles. The molecule has 5 heteroatoms. The summed E-state index contributed by atoms with van der Waals surface area (Å²) in [6, 6.07) is 10.8. The van der Waals surface area contributed by atoms with E-state index in [0.717, 1.165) is 6.42 Å². The summed E-state index contributed by atoms with van der Waals surface area (Å²) in [5, 5.41) is 0. The van der Waals surface area contributed by atoms with Crippen molar-refractivity contribution in [2.75, 3.05) is 0 Å². The van der Waals surface area contributed by atoms with Gasteiger partial charge in [0.05, 0.1) is 0 Å². The number of nitrogens with zero attached hydrogens (tertiary/aromatic N) is 2. The van der Waals surface area contributed by atoms with Gasteiger partial charge < -0.3 is 9.15 Å². The predicted molar refractivity (Wildman–Crippen MR) is 98.7 cm³/mol. The Bertz CT molecular complexity index is 883. The number of carbonyl (C=O) groups excluding carboxylic acids is 1. The molecular formula is C21H22N2O3. The van der Waals surface area contributed by atoms with E-state index >= 15 is 0 Å². The lowest BCUT2D eigenvalue weighted by Gasteiger charge is -2.20. The number of ether oxygens (including phenoxy) is 1. The monoisotopic (exact) mass is 350 g/mol. The average Bonchev–Trinajstić information content (AvgIpc) is 3.11. The normalized spacial score (nSPS) is 15.2. The Morgan fingerprint density at radius 1 is 1.15 bits per heavy atom. The lowest BCUT2D eigenvalue weighted by Crippen LogP contribution is -2.12. The van der Waals surface area contributed by atoms with Crippen molar-refractivity contribution in [2.24, 2.45) is 5.92 Å². The first-order chi connectivity index (χ1) is 12.8. The highest BCUT2D eigenvalue weighted by Gasteiger charge is 2.16. The largest absolute Gasteiger partial charge is 0.435 e. The zero-order valence-corrected chi connectivity index (χ0v) is 14.7. The number of pyridine rings is 1. The topological polar surface area (TPSA) is 65.2 Å². The summed E-state index contributed by atoms with van der Waals surface area (Å²) >= 11 is 0. The molecule has 0 radical (unpaired) electrons. The maximum absolute atomic E-state index is 12.1. The molecule has 0 amide bonds. The molecule has 26 heavy (non-hydrogen) atoms. The smallest absolute Gasteiger partial charge is 0.311 e. The Hall–Kier alpha value is -2.69. The lowest BCUT2D eigenvalue weighted by atomic mass is 9.86. The molecule has 2 heterocycles. The zero-order chi connectivity index (χ0) is 17.8. The van der Waals surface area contributed by atoms with Gasteiger partial charge in [0.15, 0.2) is 5.58 Å². The van der Waals surface area contributed by atoms with Gasteiger partial charge in [-0.1, -0.05) is 38.2 Å². The van der Waals surface area contributed by atoms with E-state index in [-0.39, 0.29) is 5.97 Å². The molecule has 1 aliphatic carbocycles. The summed E-state index contributed by atoms with van der Waals surface area (Å²) in [4.78, 5) is 20.8. The number of carbonyl (C=O) groups is 1. The number of fused-ring (bicyclic) bond motifs is 1. The van der Waals surface area contributed by atoms with E-state index in [0.29, 0.717) is 40.8 Å². The Labute approximate surface area is 152 Å². The Morgan fingerprint density at radius 2 is 2.04 bits per heavy atom. The van der Waals surface area contributed by atoms with Crippen LogP contribution in [0.3, 0.4) is 0 Å². The molecule has 1 aliphatic rings. The molecule has 5 nitrogen and oxygen atoms in total. The van der Waals surface area contributed by atoms with E-state index < -0.39 is 0 Å². The van der Waals surface area contributed by atoms with Gasteiger partial charge in [-0.15, -0.1) is 0 Å². The summed E-state index contributed by atoms with van der Waals surface area (Å²) in [5.41, 5.74) is 1.98. The van der Waals surface area contributed by atoms with Gasteiger partial charge in [0.25, 0.3) is 0 Å². The molecule has 0 saturated heterocycles. The SMILES string of the molecule is O=C(CCC1CCCCC1)Oc1ccc2nc(-c3ccccn3)oc2c1. The van der Waals surface area contributed by atoms with Crippen molar-refractivity contribution in [1.29, 1.82) is 0 Å². The quantitative estimate of drug-likeness (QED) is 0.470. The van der Waals surface area contributed by atoms with E-state index in [2.05, 4.69) is 9.97 Å². The van der Waals surface area contributed by atoms with E-state index in [1.165, 1.54) is 32.1 Å². The molecule has 0 bridgehead atoms. The van der Waals surface area contributed by atoms with Crippen molar-refractivity contribution in [3.63, 3.8) is 0 Å². The molecule has 1 fully saturated rings. The third-order valence-corrected chi connectivity index (χ3v) is 4.96. The fourth-order valence-electron chi connectivity index (χ4n) is 3.55. The molecule has 1 aromatic carbocycles. The second-order valence-electron chi connectivity index (χ2n) is 6.88. The Morgan fingerprint density at radius 3 is 2.85 bits per heavy atom. The number of oxazole rings is 1. The first-order valence-corrected chi connectivity index (χ1v) is 9.30. The van der Waals surface area contributed by atoms with Gasteiger partial charge in [-0.2, -0.15) is 0 Å². The van der Waals surface area contributed by atoms with Crippen LogP contribution in [0.2, 0.25) is 0 Å². The fourth-order valence-corrected chi connectivity index (χ4v) is 3.55. The molecule has 134 valence electrons. The first-order valence-electron chi connectivity index (χ1n) is 9.30. The fraction of sp³-hybridized carbons (Fsp3) is 0.381. The van der Waals surface area contributed by atoms with Gasteiger partial charge in [0, 0.05) is 18.7 Å². The summed E-state index contributed by atoms with van der Waals surface area (Å²) < 4.78 is 11.3. The van der Waals surface area contributed by atoms with Crippen LogP contribution in [0.1, 0.15) is 44.9 Å². The van der Waals surface area contributed by atoms with E-state index in [1.54, 1.807) is 24.4 Å². The van der Waals surface area contributed by atoms with Crippen LogP contribution in [0.15, 0.2) is 47.0 Å². The molecule has 0 atom stereocenters. The van der Waals surface area contributed by atoms with Crippen LogP contribution in [0.5, 0.6) is 5.75 Å². The highest BCUT2D eigenvalue weighted by molar-refractivity contribution is 5.79. The van der Waals surface area contributed by atoms with Crippen LogP contribution in [0.4, 0.5) is 0 Å². The second-order valence-corrected chi connectivity index (χ2v) is 6.88. The molecule has 1 saturated carbocycles. The van der Waals surface area contributed by atoms with Crippen LogP contribution in [-0.4, -0.2) is 15.9 Å². The minimum Gasteiger partial charge on any atom is -0.435 e. The minimum atomic E-state index is -0.181. The molecule has 0 N–H and O–H groups in total. The Balaban J connectivity index is 1.41. The van der Waals surface area contributed by atoms with E-state index in [9.17, 15) is 4.79 Å². The van der Waals surface area contributed by atoms with Gasteiger partial charge in [0.1, 0.15) is 17.0 Å². The summed E-state index contributed by atoms with van der Waals surface area (Å²) in [6.45, 7) is 0. The third kappa shape index (κ3) is 3.93. The van der Waals surface area contributed by atoms with Gasteiger partial charge in [0.2, 0.25) is 5.89 Å². The number of rotatable bonds is 5.